The largest absolute Gasteiger partial charge is 0.372 e. The highest BCUT2D eigenvalue weighted by Crippen LogP contribution is 2.59. The SMILES string of the molecule is CCN(CC)c1ccc(C(=C2C=CC([NH+](CC)C(C)OC(C(Cl)(Cl)Cl)P(=O)(OC)OC)C=C2)c2ccccc2)cc1. The van der Waals surface area contributed by atoms with Crippen LogP contribution in [0.25, 0.3) is 5.57 Å². The molecule has 10 heteroatoms. The fraction of sp³-hybridized carbons (Fsp3) is 0.419. The molecule has 224 valence electrons. The second kappa shape index (κ2) is 15.2. The number of allylic oxidation sites excluding steroid dienone is 3. The summed E-state index contributed by atoms with van der Waals surface area (Å²) in [6.07, 6.45) is 8.10. The fourth-order valence-corrected chi connectivity index (χ4v) is 7.60. The molecular weight excluding hydrogens is 602 g/mol. The van der Waals surface area contributed by atoms with Crippen molar-refractivity contribution in [2.45, 2.75) is 49.6 Å². The number of ether oxygens (including phenoxy) is 1. The lowest BCUT2D eigenvalue weighted by molar-refractivity contribution is -0.956. The summed E-state index contributed by atoms with van der Waals surface area (Å²) in [6.45, 7) is 10.9. The van der Waals surface area contributed by atoms with Crippen molar-refractivity contribution in [1.29, 1.82) is 0 Å². The molecule has 0 aliphatic heterocycles. The highest BCUT2D eigenvalue weighted by atomic mass is 35.6. The van der Waals surface area contributed by atoms with Gasteiger partial charge in [0.05, 0.1) is 6.54 Å². The van der Waals surface area contributed by atoms with Gasteiger partial charge >= 0.3 is 7.60 Å². The van der Waals surface area contributed by atoms with Crippen LogP contribution < -0.4 is 9.80 Å². The van der Waals surface area contributed by atoms with Gasteiger partial charge in [0.15, 0.2) is 6.23 Å². The van der Waals surface area contributed by atoms with Crippen LogP contribution in [0.5, 0.6) is 0 Å². The van der Waals surface area contributed by atoms with E-state index < -0.39 is 23.5 Å². The molecular formula is C31H41Cl3N2O4P+. The Kier molecular flexibility index (Phi) is 12.6. The summed E-state index contributed by atoms with van der Waals surface area (Å²) < 4.78 is 27.4. The summed E-state index contributed by atoms with van der Waals surface area (Å²) in [5.74, 6) is -1.40. The molecule has 0 amide bonds. The summed E-state index contributed by atoms with van der Waals surface area (Å²) >= 11 is 18.5. The van der Waals surface area contributed by atoms with Gasteiger partial charge in [-0.05, 0) is 67.3 Å². The minimum atomic E-state index is -3.84. The Morgan fingerprint density at radius 2 is 1.46 bits per heavy atom. The van der Waals surface area contributed by atoms with Crippen LogP contribution in [-0.2, 0) is 18.3 Å². The molecule has 0 spiro atoms. The van der Waals surface area contributed by atoms with Crippen LogP contribution in [0.1, 0.15) is 38.8 Å². The normalized spacial score (nSPS) is 17.8. The standard InChI is InChI=1S/C31H40Cl3N2O4P/c1-7-35(8-2)27-19-15-25(16-20-27)29(24-13-11-10-12-14-24)26-17-21-28(22-18-26)36(9-3)23(4)40-30(31(32,33)34)41(37,38-5)39-6/h10-23,28,30H,7-9H2,1-6H3/p+1. The lowest BCUT2D eigenvalue weighted by Crippen LogP contribution is -3.18. The average Bonchev–Trinajstić information content (AvgIpc) is 2.98. The molecule has 0 heterocycles. The zero-order chi connectivity index (χ0) is 30.2. The number of nitrogens with one attached hydrogen (secondary N) is 1. The van der Waals surface area contributed by atoms with E-state index in [2.05, 4.69) is 91.6 Å². The molecule has 0 saturated carbocycles. The second-order valence-corrected chi connectivity index (χ2v) is 14.3. The topological polar surface area (TPSA) is 52.4 Å². The number of rotatable bonds is 13. The Labute approximate surface area is 260 Å². The molecule has 2 aromatic rings. The molecule has 3 unspecified atom stereocenters. The van der Waals surface area contributed by atoms with Gasteiger partial charge in [-0.25, -0.2) is 0 Å². The highest BCUT2D eigenvalue weighted by Gasteiger charge is 2.51. The fourth-order valence-electron chi connectivity index (χ4n) is 5.15. The molecule has 2 aromatic carbocycles. The van der Waals surface area contributed by atoms with Crippen LogP contribution in [0.4, 0.5) is 5.69 Å². The Morgan fingerprint density at radius 1 is 0.927 bits per heavy atom. The van der Waals surface area contributed by atoms with E-state index in [-0.39, 0.29) is 6.04 Å². The van der Waals surface area contributed by atoms with Crippen LogP contribution in [0.15, 0.2) is 84.5 Å². The number of anilines is 1. The highest BCUT2D eigenvalue weighted by molar-refractivity contribution is 7.55. The van der Waals surface area contributed by atoms with Crippen LogP contribution in [0.3, 0.4) is 0 Å². The number of quaternary nitrogens is 1. The molecule has 41 heavy (non-hydrogen) atoms. The first kappa shape index (κ1) is 33.9. The van der Waals surface area contributed by atoms with Crippen LogP contribution in [-0.4, -0.2) is 55.8 Å². The van der Waals surface area contributed by atoms with Gasteiger partial charge in [-0.3, -0.25) is 4.57 Å². The predicted octanol–water partition coefficient (Wildman–Crippen LogP) is 7.28. The Bertz CT molecular complexity index is 1230. The molecule has 0 fully saturated rings. The van der Waals surface area contributed by atoms with Gasteiger partial charge in [-0.15, -0.1) is 0 Å². The van der Waals surface area contributed by atoms with E-state index >= 15 is 0 Å². The van der Waals surface area contributed by atoms with Crippen LogP contribution in [0.2, 0.25) is 0 Å². The molecule has 0 radical (unpaired) electrons. The number of halogens is 3. The maximum atomic E-state index is 13.1. The van der Waals surface area contributed by atoms with E-state index in [4.69, 9.17) is 48.6 Å². The lowest BCUT2D eigenvalue weighted by atomic mass is 9.90. The first-order valence-electron chi connectivity index (χ1n) is 13.8. The van der Waals surface area contributed by atoms with Crippen molar-refractivity contribution >= 4 is 53.7 Å². The molecule has 1 aliphatic carbocycles. The minimum Gasteiger partial charge on any atom is -0.372 e. The monoisotopic (exact) mass is 641 g/mol. The van der Waals surface area contributed by atoms with E-state index in [1.165, 1.54) is 19.9 Å². The number of benzene rings is 2. The summed E-state index contributed by atoms with van der Waals surface area (Å²) in [5.41, 5.74) is 5.76. The molecule has 3 atom stereocenters. The third-order valence-electron chi connectivity index (χ3n) is 7.37. The number of alkyl halides is 3. The Balaban J connectivity index is 1.93. The smallest absolute Gasteiger partial charge is 0.363 e. The number of hydrogen-bond acceptors (Lipinski definition) is 5. The second-order valence-electron chi connectivity index (χ2n) is 9.67. The number of nitrogens with zero attached hydrogens (tertiary/aromatic N) is 1. The molecule has 0 aromatic heterocycles. The molecule has 1 aliphatic rings. The van der Waals surface area contributed by atoms with Gasteiger partial charge in [0, 0.05) is 39.9 Å². The van der Waals surface area contributed by atoms with Crippen LogP contribution >= 0.6 is 42.4 Å². The number of hydrogen-bond donors (Lipinski definition) is 1. The van der Waals surface area contributed by atoms with Crippen molar-refractivity contribution in [2.75, 3.05) is 38.8 Å². The maximum absolute atomic E-state index is 13.1. The zero-order valence-corrected chi connectivity index (χ0v) is 27.7. The van der Waals surface area contributed by atoms with Gasteiger partial charge < -0.3 is 23.6 Å². The average molecular weight is 643 g/mol. The first-order chi connectivity index (χ1) is 19.5. The quantitative estimate of drug-likeness (QED) is 0.141. The first-order valence-corrected chi connectivity index (χ1v) is 16.6. The van der Waals surface area contributed by atoms with E-state index in [1.807, 2.05) is 19.9 Å². The maximum Gasteiger partial charge on any atom is 0.363 e. The predicted molar refractivity (Wildman–Crippen MR) is 172 cm³/mol. The van der Waals surface area contributed by atoms with Crippen molar-refractivity contribution in [2.24, 2.45) is 0 Å². The zero-order valence-electron chi connectivity index (χ0n) is 24.5. The van der Waals surface area contributed by atoms with Crippen molar-refractivity contribution in [3.8, 4) is 0 Å². The molecule has 6 nitrogen and oxygen atoms in total. The van der Waals surface area contributed by atoms with Crippen LogP contribution in [0, 0.1) is 0 Å². The lowest BCUT2D eigenvalue weighted by Gasteiger charge is -2.36. The van der Waals surface area contributed by atoms with E-state index in [1.54, 1.807) is 0 Å². The summed E-state index contributed by atoms with van der Waals surface area (Å²) in [7, 11) is -1.35. The van der Waals surface area contributed by atoms with E-state index in [9.17, 15) is 4.57 Å². The van der Waals surface area contributed by atoms with E-state index in [0.717, 1.165) is 40.3 Å². The minimum absolute atomic E-state index is 0.0266. The Morgan fingerprint density at radius 3 is 1.93 bits per heavy atom. The third kappa shape index (κ3) is 8.28. The Hall–Kier alpha value is -1.60. The van der Waals surface area contributed by atoms with Gasteiger partial charge in [0.2, 0.25) is 9.64 Å². The van der Waals surface area contributed by atoms with Crippen molar-refractivity contribution < 1.29 is 23.2 Å². The van der Waals surface area contributed by atoms with Gasteiger partial charge in [0.1, 0.15) is 6.04 Å². The number of likely N-dealkylation sites (N-methyl/N-ethyl adjacent to an activating group) is 1. The summed E-state index contributed by atoms with van der Waals surface area (Å²) in [6, 6.07) is 19.1. The van der Waals surface area contributed by atoms with Gasteiger partial charge in [-0.2, -0.15) is 0 Å². The summed E-state index contributed by atoms with van der Waals surface area (Å²) in [5, 5.41) is 0. The van der Waals surface area contributed by atoms with Crippen molar-refractivity contribution in [3.05, 3.63) is 95.6 Å². The van der Waals surface area contributed by atoms with Gasteiger partial charge in [0.25, 0.3) is 0 Å². The van der Waals surface area contributed by atoms with Crippen molar-refractivity contribution in [3.63, 3.8) is 0 Å². The van der Waals surface area contributed by atoms with E-state index in [0.29, 0.717) is 6.54 Å². The third-order valence-corrected chi connectivity index (χ3v) is 10.5. The molecule has 0 bridgehead atoms. The molecule has 3 rings (SSSR count). The molecule has 0 saturated heterocycles. The molecule has 1 N–H and O–H groups in total. The summed E-state index contributed by atoms with van der Waals surface area (Å²) in [4.78, 5) is 3.38. The van der Waals surface area contributed by atoms with Gasteiger partial charge in [-0.1, -0.05) is 89.4 Å². The van der Waals surface area contributed by atoms with Crippen molar-refractivity contribution in [1.82, 2.24) is 0 Å².